The van der Waals surface area contributed by atoms with Gasteiger partial charge in [-0.3, -0.25) is 9.59 Å². The smallest absolute Gasteiger partial charge is 0.325 e. The van der Waals surface area contributed by atoms with Crippen LogP contribution in [0.15, 0.2) is 30.3 Å². The third-order valence-corrected chi connectivity index (χ3v) is 3.00. The first-order valence-corrected chi connectivity index (χ1v) is 5.13. The number of alkyl halides is 2. The van der Waals surface area contributed by atoms with Gasteiger partial charge in [0.25, 0.3) is 0 Å². The highest BCUT2D eigenvalue weighted by Crippen LogP contribution is 2.24. The number of carbonyl (C=O) groups is 2. The third kappa shape index (κ3) is 2.52. The van der Waals surface area contributed by atoms with Crippen LogP contribution in [0, 0.1) is 0 Å². The molecule has 2 unspecified atom stereocenters. The monoisotopic (exact) mass is 261 g/mol. The number of carbonyl (C=O) groups excluding carboxylic acids is 1. The molecule has 0 aliphatic heterocycles. The van der Waals surface area contributed by atoms with E-state index in [9.17, 15) is 9.59 Å². The number of nitrogens with two attached hydrogens (primary N) is 1. The van der Waals surface area contributed by atoms with E-state index in [4.69, 9.17) is 34.0 Å². The van der Waals surface area contributed by atoms with Crippen molar-refractivity contribution >= 4 is 35.0 Å². The molecule has 6 heteroatoms. The van der Waals surface area contributed by atoms with Crippen LogP contribution in [0.2, 0.25) is 0 Å². The van der Waals surface area contributed by atoms with E-state index in [1.807, 2.05) is 0 Å². The van der Waals surface area contributed by atoms with Crippen LogP contribution in [-0.4, -0.2) is 27.2 Å². The Balaban J connectivity index is 3.01. The number of hydrogen-bond acceptors (Lipinski definition) is 3. The number of ketones is 1. The van der Waals surface area contributed by atoms with E-state index in [0.717, 1.165) is 0 Å². The van der Waals surface area contributed by atoms with E-state index in [-0.39, 0.29) is 5.56 Å². The van der Waals surface area contributed by atoms with E-state index < -0.39 is 22.1 Å². The molecule has 16 heavy (non-hydrogen) atoms. The fourth-order valence-corrected chi connectivity index (χ4v) is 1.41. The molecule has 4 nitrogen and oxygen atoms in total. The van der Waals surface area contributed by atoms with Crippen LogP contribution in [0.5, 0.6) is 0 Å². The Morgan fingerprint density at radius 1 is 1.31 bits per heavy atom. The first-order valence-electron chi connectivity index (χ1n) is 4.32. The first kappa shape index (κ1) is 13.0. The van der Waals surface area contributed by atoms with Gasteiger partial charge in [0.15, 0.2) is 16.2 Å². The van der Waals surface area contributed by atoms with Gasteiger partial charge >= 0.3 is 5.97 Å². The van der Waals surface area contributed by atoms with Crippen molar-refractivity contribution in [2.75, 3.05) is 0 Å². The lowest BCUT2D eigenvalue weighted by molar-refractivity contribution is -0.137. The molecule has 0 spiro atoms. The number of halogens is 2. The fourth-order valence-electron chi connectivity index (χ4n) is 1.11. The molecule has 1 aromatic rings. The lowest BCUT2D eigenvalue weighted by atomic mass is 10.0. The number of carboxylic acids is 1. The van der Waals surface area contributed by atoms with Crippen molar-refractivity contribution in [2.45, 2.75) is 10.4 Å². The highest BCUT2D eigenvalue weighted by molar-refractivity contribution is 6.46. The van der Waals surface area contributed by atoms with Crippen molar-refractivity contribution < 1.29 is 14.7 Å². The zero-order chi connectivity index (χ0) is 12.3. The Morgan fingerprint density at radius 3 is 2.25 bits per heavy atom. The van der Waals surface area contributed by atoms with Crippen LogP contribution in [0.4, 0.5) is 0 Å². The van der Waals surface area contributed by atoms with Gasteiger partial charge < -0.3 is 10.8 Å². The molecular weight excluding hydrogens is 253 g/mol. The Bertz CT molecular complexity index is 406. The van der Waals surface area contributed by atoms with Gasteiger partial charge in [-0.1, -0.05) is 41.9 Å². The number of hydrogen-bond donors (Lipinski definition) is 2. The molecule has 0 aromatic heterocycles. The average molecular weight is 262 g/mol. The zero-order valence-corrected chi connectivity index (χ0v) is 9.57. The molecule has 0 radical (unpaired) electrons. The number of benzene rings is 1. The van der Waals surface area contributed by atoms with Crippen molar-refractivity contribution in [3.8, 4) is 0 Å². The maximum atomic E-state index is 11.8. The molecule has 0 fully saturated rings. The molecule has 1 aromatic carbocycles. The van der Waals surface area contributed by atoms with Crippen LogP contribution in [0.25, 0.3) is 0 Å². The Hall–Kier alpha value is -1.10. The van der Waals surface area contributed by atoms with Gasteiger partial charge in [-0.05, 0) is 0 Å². The van der Waals surface area contributed by atoms with Crippen molar-refractivity contribution in [2.24, 2.45) is 5.73 Å². The van der Waals surface area contributed by atoms with Crippen LogP contribution in [0.3, 0.4) is 0 Å². The summed E-state index contributed by atoms with van der Waals surface area (Å²) >= 11 is 11.2. The number of Topliss-reactive ketones (excluding diaryl/α,β-unsaturated/α-hetero) is 1. The van der Waals surface area contributed by atoms with Gasteiger partial charge in [-0.25, -0.2) is 0 Å². The minimum atomic E-state index is -2.16. The molecule has 0 aliphatic carbocycles. The standard InChI is InChI=1S/C10H9Cl2NO3/c11-7(9(15)16)10(12,13)8(14)6-4-2-1-3-5-6/h1-5,7H,13H2,(H,15,16). The second-order valence-corrected chi connectivity index (χ2v) is 4.23. The summed E-state index contributed by atoms with van der Waals surface area (Å²) in [6.45, 7) is 0. The van der Waals surface area contributed by atoms with Gasteiger partial charge in [0.05, 0.1) is 0 Å². The lowest BCUT2D eigenvalue weighted by Crippen LogP contribution is -2.53. The second-order valence-electron chi connectivity index (χ2n) is 3.16. The molecule has 0 bridgehead atoms. The third-order valence-electron chi connectivity index (χ3n) is 1.97. The summed E-state index contributed by atoms with van der Waals surface area (Å²) in [7, 11) is 0. The maximum Gasteiger partial charge on any atom is 0.325 e. The predicted molar refractivity (Wildman–Crippen MR) is 60.8 cm³/mol. The van der Waals surface area contributed by atoms with Crippen LogP contribution in [-0.2, 0) is 4.79 Å². The van der Waals surface area contributed by atoms with E-state index >= 15 is 0 Å². The highest BCUT2D eigenvalue weighted by Gasteiger charge is 2.44. The van der Waals surface area contributed by atoms with Crippen LogP contribution < -0.4 is 5.73 Å². The average Bonchev–Trinajstić information content (AvgIpc) is 2.28. The Kier molecular flexibility index (Phi) is 3.91. The molecular formula is C10H9Cl2NO3. The largest absolute Gasteiger partial charge is 0.480 e. The number of carboxylic acid groups (broad SMARTS) is 1. The molecule has 2 atom stereocenters. The van der Waals surface area contributed by atoms with Crippen LogP contribution >= 0.6 is 23.2 Å². The Morgan fingerprint density at radius 2 is 1.81 bits per heavy atom. The molecule has 0 heterocycles. The van der Waals surface area contributed by atoms with Gasteiger partial charge in [0, 0.05) is 5.56 Å². The quantitative estimate of drug-likeness (QED) is 0.489. The Labute approximate surface area is 102 Å². The van der Waals surface area contributed by atoms with E-state index in [1.165, 1.54) is 12.1 Å². The summed E-state index contributed by atoms with van der Waals surface area (Å²) in [5, 5.41) is 6.97. The van der Waals surface area contributed by atoms with Crippen molar-refractivity contribution in [3.05, 3.63) is 35.9 Å². The molecule has 0 aliphatic rings. The summed E-state index contributed by atoms with van der Waals surface area (Å²) in [4.78, 5) is 20.3. The van der Waals surface area contributed by atoms with Crippen molar-refractivity contribution in [1.29, 1.82) is 0 Å². The predicted octanol–water partition coefficient (Wildman–Crippen LogP) is 1.46. The fraction of sp³-hybridized carbons (Fsp3) is 0.200. The summed E-state index contributed by atoms with van der Waals surface area (Å²) in [5.41, 5.74) is 5.65. The molecule has 1 rings (SSSR count). The van der Waals surface area contributed by atoms with Crippen LogP contribution in [0.1, 0.15) is 10.4 Å². The molecule has 3 N–H and O–H groups in total. The van der Waals surface area contributed by atoms with Crippen molar-refractivity contribution in [3.63, 3.8) is 0 Å². The molecule has 0 saturated carbocycles. The number of rotatable bonds is 4. The maximum absolute atomic E-state index is 11.8. The highest BCUT2D eigenvalue weighted by atomic mass is 35.5. The molecule has 0 saturated heterocycles. The summed E-state index contributed by atoms with van der Waals surface area (Å²) in [6, 6.07) is 7.91. The van der Waals surface area contributed by atoms with Gasteiger partial charge in [-0.15, -0.1) is 11.6 Å². The summed E-state index contributed by atoms with van der Waals surface area (Å²) < 4.78 is 0. The van der Waals surface area contributed by atoms with Gasteiger partial charge in [0.1, 0.15) is 0 Å². The second kappa shape index (κ2) is 4.82. The van der Waals surface area contributed by atoms with E-state index in [0.29, 0.717) is 0 Å². The van der Waals surface area contributed by atoms with E-state index in [1.54, 1.807) is 18.2 Å². The lowest BCUT2D eigenvalue weighted by Gasteiger charge is -2.22. The molecule has 86 valence electrons. The minimum Gasteiger partial charge on any atom is -0.480 e. The van der Waals surface area contributed by atoms with Gasteiger partial charge in [-0.2, -0.15) is 0 Å². The molecule has 0 amide bonds. The minimum absolute atomic E-state index is 0.215. The van der Waals surface area contributed by atoms with E-state index in [2.05, 4.69) is 0 Å². The van der Waals surface area contributed by atoms with Gasteiger partial charge in [0.2, 0.25) is 0 Å². The summed E-state index contributed by atoms with van der Waals surface area (Å²) in [5.74, 6) is -2.17. The topological polar surface area (TPSA) is 80.4 Å². The first-order chi connectivity index (χ1) is 7.37. The normalized spacial score (nSPS) is 16.2. The van der Waals surface area contributed by atoms with Crippen molar-refractivity contribution in [1.82, 2.24) is 0 Å². The number of aliphatic carboxylic acids is 1. The summed E-state index contributed by atoms with van der Waals surface area (Å²) in [6.07, 6.45) is 0. The zero-order valence-electron chi connectivity index (χ0n) is 8.06. The SMILES string of the molecule is NC(Cl)(C(=O)c1ccccc1)C(Cl)C(=O)O.